The zero-order valence-corrected chi connectivity index (χ0v) is 10.5. The van der Waals surface area contributed by atoms with E-state index in [9.17, 15) is 8.78 Å². The van der Waals surface area contributed by atoms with Gasteiger partial charge in [-0.1, -0.05) is 24.3 Å². The smallest absolute Gasteiger partial charge is 0.387 e. The highest BCUT2D eigenvalue weighted by molar-refractivity contribution is 7.80. The van der Waals surface area contributed by atoms with E-state index in [1.807, 2.05) is 0 Å². The molecule has 0 aromatic heterocycles. The van der Waals surface area contributed by atoms with E-state index in [0.717, 1.165) is 0 Å². The van der Waals surface area contributed by atoms with E-state index in [4.69, 9.17) is 12.2 Å². The number of nitrogens with one attached hydrogen (secondary N) is 2. The predicted molar refractivity (Wildman–Crippen MR) is 70.7 cm³/mol. The molecule has 1 aromatic rings. The summed E-state index contributed by atoms with van der Waals surface area (Å²) in [6.45, 7) is 1.56. The Morgan fingerprint density at radius 3 is 2.78 bits per heavy atom. The number of benzene rings is 1. The molecule has 1 aromatic carbocycles. The minimum atomic E-state index is -2.84. The van der Waals surface area contributed by atoms with E-state index < -0.39 is 6.61 Å². The van der Waals surface area contributed by atoms with Gasteiger partial charge in [-0.3, -0.25) is 0 Å². The molecule has 3 nitrogen and oxygen atoms in total. The molecule has 98 valence electrons. The highest BCUT2D eigenvalue weighted by Crippen LogP contribution is 2.19. The molecule has 0 unspecified atom stereocenters. The monoisotopic (exact) mass is 272 g/mol. The number of alkyl halides is 2. The number of rotatable bonds is 6. The number of halogens is 2. The van der Waals surface area contributed by atoms with Crippen molar-refractivity contribution in [1.82, 2.24) is 10.6 Å². The maximum absolute atomic E-state index is 12.2. The molecule has 6 heteroatoms. The van der Waals surface area contributed by atoms with E-state index >= 15 is 0 Å². The number of hydrogen-bond donors (Lipinski definition) is 2. The quantitative estimate of drug-likeness (QED) is 0.615. The van der Waals surface area contributed by atoms with Gasteiger partial charge in [0, 0.05) is 18.7 Å². The molecule has 0 spiro atoms. The molecule has 0 fully saturated rings. The van der Waals surface area contributed by atoms with Gasteiger partial charge in [-0.05, 0) is 18.3 Å². The van der Waals surface area contributed by atoms with Gasteiger partial charge < -0.3 is 15.4 Å². The Kier molecular flexibility index (Phi) is 6.07. The first-order chi connectivity index (χ1) is 8.63. The van der Waals surface area contributed by atoms with Crippen molar-refractivity contribution in [2.75, 3.05) is 6.54 Å². The van der Waals surface area contributed by atoms with Gasteiger partial charge in [0.05, 0.1) is 0 Å². The fourth-order valence-corrected chi connectivity index (χ4v) is 1.42. The van der Waals surface area contributed by atoms with Gasteiger partial charge in [0.25, 0.3) is 0 Å². The van der Waals surface area contributed by atoms with Crippen molar-refractivity contribution in [2.24, 2.45) is 0 Å². The van der Waals surface area contributed by atoms with Crippen molar-refractivity contribution in [1.29, 1.82) is 0 Å². The average molecular weight is 272 g/mol. The molecule has 0 aliphatic carbocycles. The van der Waals surface area contributed by atoms with Crippen LogP contribution in [0.25, 0.3) is 0 Å². The summed E-state index contributed by atoms with van der Waals surface area (Å²) in [6, 6.07) is 6.56. The highest BCUT2D eigenvalue weighted by atomic mass is 32.1. The standard InChI is InChI=1S/C12H14F2N2OS/c1-2-7-15-12(18)16-8-9-5-3-4-6-10(9)17-11(13)14/h2-6,11H,1,7-8H2,(H2,15,16,18). The van der Waals surface area contributed by atoms with Gasteiger partial charge >= 0.3 is 6.61 Å². The van der Waals surface area contributed by atoms with Crippen LogP contribution in [0.1, 0.15) is 5.56 Å². The van der Waals surface area contributed by atoms with E-state index in [1.54, 1.807) is 24.3 Å². The molecule has 2 N–H and O–H groups in total. The van der Waals surface area contributed by atoms with Gasteiger partial charge in [-0.25, -0.2) is 0 Å². The molecule has 0 saturated heterocycles. The summed E-state index contributed by atoms with van der Waals surface area (Å²) in [5.74, 6) is 0.145. The van der Waals surface area contributed by atoms with Crippen molar-refractivity contribution >= 4 is 17.3 Å². The summed E-state index contributed by atoms with van der Waals surface area (Å²) in [7, 11) is 0. The first-order valence-electron chi connectivity index (χ1n) is 5.28. The SMILES string of the molecule is C=CCNC(=S)NCc1ccccc1OC(F)F. The summed E-state index contributed by atoms with van der Waals surface area (Å²) in [5, 5.41) is 6.20. The molecular weight excluding hydrogens is 258 g/mol. The number of para-hydroxylation sites is 1. The lowest BCUT2D eigenvalue weighted by Crippen LogP contribution is -2.34. The van der Waals surface area contributed by atoms with Crippen LogP contribution >= 0.6 is 12.2 Å². The Morgan fingerprint density at radius 2 is 2.11 bits per heavy atom. The zero-order valence-electron chi connectivity index (χ0n) is 9.66. The van der Waals surface area contributed by atoms with Crippen LogP contribution < -0.4 is 15.4 Å². The summed E-state index contributed by atoms with van der Waals surface area (Å²) >= 11 is 4.99. The van der Waals surface area contributed by atoms with Crippen LogP contribution in [0.5, 0.6) is 5.75 Å². The van der Waals surface area contributed by atoms with Crippen molar-refractivity contribution in [2.45, 2.75) is 13.2 Å². The fourth-order valence-electron chi connectivity index (χ4n) is 1.26. The topological polar surface area (TPSA) is 33.3 Å². The first-order valence-corrected chi connectivity index (χ1v) is 5.69. The van der Waals surface area contributed by atoms with Crippen molar-refractivity contribution in [3.05, 3.63) is 42.5 Å². The average Bonchev–Trinajstić information content (AvgIpc) is 2.34. The predicted octanol–water partition coefficient (Wildman–Crippen LogP) is 2.44. The molecule has 0 atom stereocenters. The van der Waals surface area contributed by atoms with Crippen LogP contribution in [0.2, 0.25) is 0 Å². The normalized spacial score (nSPS) is 9.94. The van der Waals surface area contributed by atoms with E-state index in [1.165, 1.54) is 6.07 Å². The van der Waals surface area contributed by atoms with Gasteiger partial charge in [0.2, 0.25) is 0 Å². The van der Waals surface area contributed by atoms with Gasteiger partial charge in [0.15, 0.2) is 5.11 Å². The molecule has 0 aliphatic heterocycles. The van der Waals surface area contributed by atoms with E-state index in [2.05, 4.69) is 21.9 Å². The lowest BCUT2D eigenvalue weighted by molar-refractivity contribution is -0.0504. The van der Waals surface area contributed by atoms with Crippen LogP contribution in [-0.4, -0.2) is 18.3 Å². The summed E-state index contributed by atoms with van der Waals surface area (Å²) in [5.41, 5.74) is 0.612. The molecule has 18 heavy (non-hydrogen) atoms. The van der Waals surface area contributed by atoms with Crippen LogP contribution in [0, 0.1) is 0 Å². The minimum Gasteiger partial charge on any atom is -0.434 e. The van der Waals surface area contributed by atoms with Crippen LogP contribution in [0.3, 0.4) is 0 Å². The molecular formula is C12H14F2N2OS. The number of ether oxygens (including phenoxy) is 1. The van der Waals surface area contributed by atoms with Crippen LogP contribution in [0.4, 0.5) is 8.78 Å². The molecule has 0 bridgehead atoms. The summed E-state index contributed by atoms with van der Waals surface area (Å²) < 4.78 is 28.8. The second kappa shape index (κ2) is 7.60. The number of thiocarbonyl (C=S) groups is 1. The molecule has 0 amide bonds. The Labute approximate surface area is 110 Å². The van der Waals surface area contributed by atoms with E-state index in [-0.39, 0.29) is 5.75 Å². The van der Waals surface area contributed by atoms with Gasteiger partial charge in [0.1, 0.15) is 5.75 Å². The Hall–Kier alpha value is -1.69. The third kappa shape index (κ3) is 5.09. The molecule has 0 heterocycles. The van der Waals surface area contributed by atoms with E-state index in [0.29, 0.717) is 23.8 Å². The highest BCUT2D eigenvalue weighted by Gasteiger charge is 2.08. The fraction of sp³-hybridized carbons (Fsp3) is 0.250. The second-order valence-electron chi connectivity index (χ2n) is 3.34. The Balaban J connectivity index is 2.55. The van der Waals surface area contributed by atoms with Crippen LogP contribution in [-0.2, 0) is 6.54 Å². The maximum atomic E-state index is 12.2. The lowest BCUT2D eigenvalue weighted by Gasteiger charge is -2.12. The van der Waals surface area contributed by atoms with Crippen molar-refractivity contribution in [3.63, 3.8) is 0 Å². The van der Waals surface area contributed by atoms with Crippen LogP contribution in [0.15, 0.2) is 36.9 Å². The molecule has 1 rings (SSSR count). The van der Waals surface area contributed by atoms with Crippen molar-refractivity contribution in [3.8, 4) is 5.75 Å². The first kappa shape index (κ1) is 14.4. The third-order valence-electron chi connectivity index (χ3n) is 2.04. The lowest BCUT2D eigenvalue weighted by atomic mass is 10.2. The zero-order chi connectivity index (χ0) is 13.4. The van der Waals surface area contributed by atoms with Gasteiger partial charge in [-0.15, -0.1) is 6.58 Å². The summed E-state index contributed by atoms with van der Waals surface area (Å²) in [6.07, 6.45) is 1.67. The number of hydrogen-bond acceptors (Lipinski definition) is 2. The Bertz CT molecular complexity index is 413. The maximum Gasteiger partial charge on any atom is 0.387 e. The van der Waals surface area contributed by atoms with Crippen molar-refractivity contribution < 1.29 is 13.5 Å². The molecule has 0 aliphatic rings. The minimum absolute atomic E-state index is 0.145. The largest absolute Gasteiger partial charge is 0.434 e. The summed E-state index contributed by atoms with van der Waals surface area (Å²) in [4.78, 5) is 0. The second-order valence-corrected chi connectivity index (χ2v) is 3.75. The van der Waals surface area contributed by atoms with Gasteiger partial charge in [-0.2, -0.15) is 8.78 Å². The third-order valence-corrected chi connectivity index (χ3v) is 2.32. The molecule has 0 radical (unpaired) electrons. The molecule has 0 saturated carbocycles. The Morgan fingerprint density at radius 1 is 1.39 bits per heavy atom.